The largest absolute Gasteiger partial charge is 0.497 e. The van der Waals surface area contributed by atoms with Crippen molar-refractivity contribution in [3.05, 3.63) is 69.0 Å². The number of carbonyl (C=O) groups excluding carboxylic acids is 1. The molecule has 3 aromatic heterocycles. The van der Waals surface area contributed by atoms with Gasteiger partial charge in [-0.15, -0.1) is 11.3 Å². The van der Waals surface area contributed by atoms with Gasteiger partial charge in [-0.2, -0.15) is 9.78 Å². The highest BCUT2D eigenvalue weighted by molar-refractivity contribution is 7.13. The average Bonchev–Trinajstić information content (AvgIpc) is 3.47. The Morgan fingerprint density at radius 2 is 1.84 bits per heavy atom. The maximum absolute atomic E-state index is 13.1. The Balaban J connectivity index is 1.78. The fraction of sp³-hybridized carbons (Fsp3) is 0.182. The SMILES string of the molecule is COc1cc(OC)cc(C(=O)Nc2cc(-c3cccs3)nn2-c2nc(C)c(C)c(=O)[nH]2)c1. The standard InChI is InChI=1S/C22H21N5O4S/c1-12-13(2)23-22(25-20(12)28)27-19(11-17(26-27)18-6-5-7-32-18)24-21(29)14-8-15(30-3)10-16(9-14)31-4/h5-11H,1-4H3,(H,24,29)(H,23,25,28). The first kappa shape index (κ1) is 21.3. The molecule has 0 saturated heterocycles. The normalized spacial score (nSPS) is 10.8. The first-order valence-electron chi connectivity index (χ1n) is 9.66. The number of methoxy groups -OCH3 is 2. The van der Waals surface area contributed by atoms with Crippen molar-refractivity contribution < 1.29 is 14.3 Å². The highest BCUT2D eigenvalue weighted by Crippen LogP contribution is 2.28. The first-order valence-corrected chi connectivity index (χ1v) is 10.5. The monoisotopic (exact) mass is 451 g/mol. The molecule has 0 saturated carbocycles. The molecule has 4 aromatic rings. The number of aromatic nitrogens is 4. The topological polar surface area (TPSA) is 111 Å². The van der Waals surface area contributed by atoms with E-state index >= 15 is 0 Å². The molecule has 0 fully saturated rings. The second-order valence-electron chi connectivity index (χ2n) is 6.96. The molecule has 0 radical (unpaired) electrons. The van der Waals surface area contributed by atoms with Crippen molar-refractivity contribution in [2.24, 2.45) is 0 Å². The summed E-state index contributed by atoms with van der Waals surface area (Å²) in [6.45, 7) is 3.45. The number of thiophene rings is 1. The van der Waals surface area contributed by atoms with Gasteiger partial charge in [0.05, 0.1) is 19.1 Å². The first-order chi connectivity index (χ1) is 15.4. The number of aryl methyl sites for hydroxylation is 1. The molecule has 9 nitrogen and oxygen atoms in total. The lowest BCUT2D eigenvalue weighted by molar-refractivity contribution is 0.102. The lowest BCUT2D eigenvalue weighted by Crippen LogP contribution is -2.20. The Bertz CT molecular complexity index is 1320. The number of hydrogen-bond donors (Lipinski definition) is 2. The van der Waals surface area contributed by atoms with Crippen LogP contribution in [-0.4, -0.2) is 39.9 Å². The number of hydrogen-bond acceptors (Lipinski definition) is 7. The number of benzene rings is 1. The zero-order chi connectivity index (χ0) is 22.8. The fourth-order valence-corrected chi connectivity index (χ4v) is 3.72. The molecule has 3 heterocycles. The molecule has 10 heteroatoms. The molecule has 0 aliphatic rings. The lowest BCUT2D eigenvalue weighted by atomic mass is 10.2. The van der Waals surface area contributed by atoms with Crippen LogP contribution in [0.1, 0.15) is 21.6 Å². The van der Waals surface area contributed by atoms with Crippen LogP contribution >= 0.6 is 11.3 Å². The number of nitrogens with one attached hydrogen (secondary N) is 2. The zero-order valence-corrected chi connectivity index (χ0v) is 18.7. The van der Waals surface area contributed by atoms with Crippen molar-refractivity contribution in [3.63, 3.8) is 0 Å². The molecule has 0 bridgehead atoms. The summed E-state index contributed by atoms with van der Waals surface area (Å²) in [6.07, 6.45) is 0. The van der Waals surface area contributed by atoms with Gasteiger partial charge in [0.25, 0.3) is 11.5 Å². The van der Waals surface area contributed by atoms with Crippen molar-refractivity contribution in [1.82, 2.24) is 19.7 Å². The van der Waals surface area contributed by atoms with E-state index in [0.717, 1.165) is 4.88 Å². The molecular formula is C22H21N5O4S. The second kappa shape index (κ2) is 8.67. The molecule has 0 aliphatic carbocycles. The van der Waals surface area contributed by atoms with Crippen LogP contribution in [0.5, 0.6) is 11.5 Å². The minimum absolute atomic E-state index is 0.208. The summed E-state index contributed by atoms with van der Waals surface area (Å²) in [5, 5.41) is 9.37. The number of amides is 1. The molecular weight excluding hydrogens is 430 g/mol. The number of rotatable bonds is 6. The van der Waals surface area contributed by atoms with Crippen LogP contribution in [0.2, 0.25) is 0 Å². The molecule has 0 atom stereocenters. The van der Waals surface area contributed by atoms with Crippen LogP contribution in [0.4, 0.5) is 5.82 Å². The Kier molecular flexibility index (Phi) is 5.78. The number of anilines is 1. The predicted octanol–water partition coefficient (Wildman–Crippen LogP) is 3.57. The van der Waals surface area contributed by atoms with E-state index in [1.807, 2.05) is 17.5 Å². The van der Waals surface area contributed by atoms with E-state index in [1.54, 1.807) is 38.1 Å². The van der Waals surface area contributed by atoms with Gasteiger partial charge in [0.15, 0.2) is 0 Å². The van der Waals surface area contributed by atoms with Crippen molar-refractivity contribution >= 4 is 23.1 Å². The van der Waals surface area contributed by atoms with Gasteiger partial charge in [0, 0.05) is 29.0 Å². The third-order valence-electron chi connectivity index (χ3n) is 4.92. The van der Waals surface area contributed by atoms with Crippen LogP contribution in [0.3, 0.4) is 0 Å². The van der Waals surface area contributed by atoms with Gasteiger partial charge in [-0.1, -0.05) is 6.07 Å². The highest BCUT2D eigenvalue weighted by atomic mass is 32.1. The predicted molar refractivity (Wildman–Crippen MR) is 122 cm³/mol. The maximum atomic E-state index is 13.1. The van der Waals surface area contributed by atoms with Crippen LogP contribution in [0.25, 0.3) is 16.5 Å². The van der Waals surface area contributed by atoms with E-state index in [1.165, 1.54) is 30.2 Å². The molecule has 32 heavy (non-hydrogen) atoms. The highest BCUT2D eigenvalue weighted by Gasteiger charge is 2.18. The lowest BCUT2D eigenvalue weighted by Gasteiger charge is -2.11. The quantitative estimate of drug-likeness (QED) is 0.464. The third-order valence-corrected chi connectivity index (χ3v) is 5.81. The van der Waals surface area contributed by atoms with Crippen molar-refractivity contribution in [2.75, 3.05) is 19.5 Å². The van der Waals surface area contributed by atoms with E-state index in [2.05, 4.69) is 20.4 Å². The van der Waals surface area contributed by atoms with Gasteiger partial charge in [0.1, 0.15) is 23.0 Å². The minimum atomic E-state index is -0.396. The summed E-state index contributed by atoms with van der Waals surface area (Å²) < 4.78 is 11.9. The molecule has 0 spiro atoms. The molecule has 1 amide bonds. The maximum Gasteiger partial charge on any atom is 0.257 e. The Labute approximate surface area is 187 Å². The fourth-order valence-electron chi connectivity index (χ4n) is 3.03. The summed E-state index contributed by atoms with van der Waals surface area (Å²) in [5.74, 6) is 1.14. The summed E-state index contributed by atoms with van der Waals surface area (Å²) in [5.41, 5.74) is 1.81. The molecule has 164 valence electrons. The van der Waals surface area contributed by atoms with Crippen molar-refractivity contribution in [1.29, 1.82) is 0 Å². The van der Waals surface area contributed by atoms with E-state index in [0.29, 0.717) is 39.8 Å². The van der Waals surface area contributed by atoms with Gasteiger partial charge in [0.2, 0.25) is 5.95 Å². The summed E-state index contributed by atoms with van der Waals surface area (Å²) in [6, 6.07) is 10.5. The molecule has 0 aliphatic heterocycles. The Morgan fingerprint density at radius 3 is 2.44 bits per heavy atom. The van der Waals surface area contributed by atoms with Crippen molar-refractivity contribution in [3.8, 4) is 28.0 Å². The van der Waals surface area contributed by atoms with Gasteiger partial charge >= 0.3 is 0 Å². The van der Waals surface area contributed by atoms with Gasteiger partial charge in [-0.3, -0.25) is 14.6 Å². The summed E-state index contributed by atoms with van der Waals surface area (Å²) >= 11 is 1.51. The molecule has 1 aromatic carbocycles. The van der Waals surface area contributed by atoms with Crippen LogP contribution in [-0.2, 0) is 0 Å². The van der Waals surface area contributed by atoms with E-state index in [4.69, 9.17) is 9.47 Å². The van der Waals surface area contributed by atoms with Gasteiger partial charge in [-0.25, -0.2) is 4.98 Å². The van der Waals surface area contributed by atoms with E-state index < -0.39 is 5.91 Å². The van der Waals surface area contributed by atoms with Crippen LogP contribution < -0.4 is 20.3 Å². The number of carbonyl (C=O) groups is 1. The smallest absolute Gasteiger partial charge is 0.257 e. The third kappa shape index (κ3) is 4.12. The number of H-pyrrole nitrogens is 1. The summed E-state index contributed by atoms with van der Waals surface area (Å²) in [4.78, 5) is 33.5. The number of nitrogens with zero attached hydrogens (tertiary/aromatic N) is 3. The number of ether oxygens (including phenoxy) is 2. The van der Waals surface area contributed by atoms with E-state index in [-0.39, 0.29) is 11.5 Å². The number of aromatic amines is 1. The molecule has 2 N–H and O–H groups in total. The van der Waals surface area contributed by atoms with Crippen LogP contribution in [0, 0.1) is 13.8 Å². The Hall–Kier alpha value is -3.92. The van der Waals surface area contributed by atoms with Gasteiger partial charge < -0.3 is 14.8 Å². The van der Waals surface area contributed by atoms with Crippen LogP contribution in [0.15, 0.2) is 46.6 Å². The van der Waals surface area contributed by atoms with Gasteiger partial charge in [-0.05, 0) is 37.4 Å². The summed E-state index contributed by atoms with van der Waals surface area (Å²) in [7, 11) is 3.03. The minimum Gasteiger partial charge on any atom is -0.497 e. The Morgan fingerprint density at radius 1 is 1.12 bits per heavy atom. The molecule has 0 unspecified atom stereocenters. The second-order valence-corrected chi connectivity index (χ2v) is 7.91. The molecule has 4 rings (SSSR count). The zero-order valence-electron chi connectivity index (χ0n) is 17.9. The van der Waals surface area contributed by atoms with Crippen molar-refractivity contribution in [2.45, 2.75) is 13.8 Å². The average molecular weight is 452 g/mol. The van der Waals surface area contributed by atoms with E-state index in [9.17, 15) is 9.59 Å².